The van der Waals surface area contributed by atoms with Crippen molar-refractivity contribution in [1.82, 2.24) is 5.32 Å². The van der Waals surface area contributed by atoms with Gasteiger partial charge in [-0.15, -0.1) is 0 Å². The molecule has 3 rings (SSSR count). The summed E-state index contributed by atoms with van der Waals surface area (Å²) in [5.41, 5.74) is 2.86. The minimum absolute atomic E-state index is 0.0124. The lowest BCUT2D eigenvalue weighted by molar-refractivity contribution is -0.146. The Bertz CT molecular complexity index is 1360. The third-order valence-electron chi connectivity index (χ3n) is 5.77. The van der Waals surface area contributed by atoms with E-state index >= 15 is 0 Å². The first-order valence-electron chi connectivity index (χ1n) is 12.3. The molecular formula is C29H30Cl2N4O5. The Kier molecular flexibility index (Phi) is 10.9. The molecule has 1 atom stereocenters. The Labute approximate surface area is 243 Å². The van der Waals surface area contributed by atoms with Gasteiger partial charge in [0, 0.05) is 37.5 Å². The molecule has 0 bridgehead atoms. The molecule has 0 fully saturated rings. The first kappa shape index (κ1) is 30.5. The molecule has 0 spiro atoms. The van der Waals surface area contributed by atoms with E-state index in [2.05, 4.69) is 15.8 Å². The number of hydrogen-bond acceptors (Lipinski definition) is 7. The Balaban J connectivity index is 1.75. The molecule has 0 aliphatic rings. The van der Waals surface area contributed by atoms with Crippen LogP contribution in [0.3, 0.4) is 0 Å². The van der Waals surface area contributed by atoms with Crippen molar-refractivity contribution >= 4 is 58.1 Å². The Morgan fingerprint density at radius 1 is 0.950 bits per heavy atom. The van der Waals surface area contributed by atoms with Crippen LogP contribution in [0, 0.1) is 0 Å². The summed E-state index contributed by atoms with van der Waals surface area (Å²) in [5, 5.41) is 9.83. The summed E-state index contributed by atoms with van der Waals surface area (Å²) in [6.07, 6.45) is 0.134. The number of esters is 1. The van der Waals surface area contributed by atoms with Crippen LogP contribution in [-0.4, -0.2) is 57.3 Å². The van der Waals surface area contributed by atoms with Gasteiger partial charge >= 0.3 is 5.97 Å². The highest BCUT2D eigenvalue weighted by Crippen LogP contribution is 2.25. The van der Waals surface area contributed by atoms with Gasteiger partial charge in [0.15, 0.2) is 5.71 Å². The Morgan fingerprint density at radius 2 is 1.57 bits per heavy atom. The highest BCUT2D eigenvalue weighted by atomic mass is 35.5. The first-order chi connectivity index (χ1) is 19.1. The lowest BCUT2D eigenvalue weighted by Gasteiger charge is -2.18. The minimum atomic E-state index is -1.00. The molecule has 11 heteroatoms. The van der Waals surface area contributed by atoms with Gasteiger partial charge in [0.2, 0.25) is 0 Å². The number of amides is 2. The predicted molar refractivity (Wildman–Crippen MR) is 157 cm³/mol. The van der Waals surface area contributed by atoms with Crippen molar-refractivity contribution in [3.05, 3.63) is 93.5 Å². The summed E-state index contributed by atoms with van der Waals surface area (Å²) in [6.45, 7) is 1.83. The monoisotopic (exact) mass is 584 g/mol. The largest absolute Gasteiger partial charge is 0.464 e. The molecule has 0 unspecified atom stereocenters. The van der Waals surface area contributed by atoms with Crippen LogP contribution in [0.1, 0.15) is 28.4 Å². The maximum atomic E-state index is 13.2. The molecule has 0 aromatic heterocycles. The van der Waals surface area contributed by atoms with Crippen molar-refractivity contribution in [3.63, 3.8) is 0 Å². The van der Waals surface area contributed by atoms with E-state index in [9.17, 15) is 14.4 Å². The maximum absolute atomic E-state index is 13.2. The number of rotatable bonds is 11. The molecule has 3 aromatic carbocycles. The van der Waals surface area contributed by atoms with Crippen LogP contribution < -0.4 is 15.5 Å². The smallest absolute Gasteiger partial charge is 0.328 e. The van der Waals surface area contributed by atoms with Gasteiger partial charge < -0.3 is 25.1 Å². The summed E-state index contributed by atoms with van der Waals surface area (Å²) in [7, 11) is 5.15. The number of halogens is 2. The van der Waals surface area contributed by atoms with Gasteiger partial charge in [-0.25, -0.2) is 4.79 Å². The topological polar surface area (TPSA) is 109 Å². The highest BCUT2D eigenvalue weighted by Gasteiger charge is 2.26. The molecule has 0 saturated carbocycles. The zero-order valence-electron chi connectivity index (χ0n) is 22.5. The van der Waals surface area contributed by atoms with E-state index in [1.807, 2.05) is 31.1 Å². The number of nitrogens with zero attached hydrogens (tertiary/aromatic N) is 2. The fraction of sp³-hybridized carbons (Fsp3) is 0.241. The van der Waals surface area contributed by atoms with Gasteiger partial charge in [-0.3, -0.25) is 9.59 Å². The molecule has 210 valence electrons. The average Bonchev–Trinajstić information content (AvgIpc) is 2.92. The third-order valence-corrected chi connectivity index (χ3v) is 6.40. The van der Waals surface area contributed by atoms with E-state index in [0.717, 1.165) is 5.69 Å². The lowest BCUT2D eigenvalue weighted by atomic mass is 10.0. The van der Waals surface area contributed by atoms with Crippen LogP contribution in [0.4, 0.5) is 11.4 Å². The van der Waals surface area contributed by atoms with Crippen molar-refractivity contribution in [2.45, 2.75) is 19.4 Å². The second-order valence-electron chi connectivity index (χ2n) is 8.79. The van der Waals surface area contributed by atoms with Crippen molar-refractivity contribution in [1.29, 1.82) is 0 Å². The fourth-order valence-electron chi connectivity index (χ4n) is 3.76. The Morgan fingerprint density at radius 3 is 2.12 bits per heavy atom. The maximum Gasteiger partial charge on any atom is 0.328 e. The van der Waals surface area contributed by atoms with Crippen LogP contribution in [0.15, 0.2) is 71.9 Å². The van der Waals surface area contributed by atoms with Crippen molar-refractivity contribution in [2.75, 3.05) is 38.0 Å². The molecule has 0 saturated heterocycles. The summed E-state index contributed by atoms with van der Waals surface area (Å²) in [4.78, 5) is 45.5. The van der Waals surface area contributed by atoms with Gasteiger partial charge in [-0.1, -0.05) is 58.7 Å². The van der Waals surface area contributed by atoms with Crippen LogP contribution >= 0.6 is 23.2 Å². The SMILES string of the molecule is CCOC(=O)[C@H](Cc1ccc(NC(=O)c2c(Cl)cccc2Cl)cc1)NC(=O)C(=NOC)c1ccc(N(C)C)cc1. The standard InChI is InChI=1S/C29H30Cl2N4O5/c1-5-40-29(38)24(33-28(37)26(34-39-4)19-11-15-21(16-12-19)35(2)3)17-18-9-13-20(14-10-18)32-27(36)25-22(30)7-6-8-23(25)31/h6-16,24H,5,17H2,1-4H3,(H,32,36)(H,33,37)/t24-/m0/s1. The molecule has 9 nitrogen and oxygen atoms in total. The van der Waals surface area contributed by atoms with Crippen molar-refractivity contribution < 1.29 is 24.0 Å². The van der Waals surface area contributed by atoms with Gasteiger partial charge in [0.05, 0.1) is 22.2 Å². The summed E-state index contributed by atoms with van der Waals surface area (Å²) < 4.78 is 5.20. The number of hydrogen-bond donors (Lipinski definition) is 2. The normalized spacial score (nSPS) is 11.8. The number of oxime groups is 1. The molecule has 2 N–H and O–H groups in total. The third kappa shape index (κ3) is 7.97. The summed E-state index contributed by atoms with van der Waals surface area (Å²) in [5.74, 6) is -1.65. The summed E-state index contributed by atoms with van der Waals surface area (Å²) >= 11 is 12.3. The van der Waals surface area contributed by atoms with Gasteiger partial charge in [-0.05, 0) is 48.9 Å². The number of nitrogens with one attached hydrogen (secondary N) is 2. The van der Waals surface area contributed by atoms with Crippen molar-refractivity contribution in [2.24, 2.45) is 5.16 Å². The second kappa shape index (κ2) is 14.3. The fourth-order valence-corrected chi connectivity index (χ4v) is 4.33. The van der Waals surface area contributed by atoms with E-state index < -0.39 is 23.8 Å². The predicted octanol–water partition coefficient (Wildman–Crippen LogP) is 4.95. The molecule has 0 aliphatic heterocycles. The molecule has 2 amide bonds. The molecule has 0 heterocycles. The molecule has 0 aliphatic carbocycles. The number of anilines is 2. The average molecular weight is 585 g/mol. The quantitative estimate of drug-likeness (QED) is 0.187. The molecule has 0 radical (unpaired) electrons. The van der Waals surface area contributed by atoms with Crippen LogP contribution in [-0.2, 0) is 25.6 Å². The van der Waals surface area contributed by atoms with Crippen molar-refractivity contribution in [3.8, 4) is 0 Å². The molecule has 40 heavy (non-hydrogen) atoms. The van der Waals surface area contributed by atoms with E-state index in [0.29, 0.717) is 16.8 Å². The molecular weight excluding hydrogens is 555 g/mol. The number of benzene rings is 3. The summed E-state index contributed by atoms with van der Waals surface area (Å²) in [6, 6.07) is 17.8. The molecule has 3 aromatic rings. The number of carbonyl (C=O) groups is 3. The zero-order valence-corrected chi connectivity index (χ0v) is 24.0. The van der Waals surface area contributed by atoms with E-state index in [4.69, 9.17) is 32.8 Å². The van der Waals surface area contributed by atoms with Gasteiger partial charge in [0.25, 0.3) is 11.8 Å². The van der Waals surface area contributed by atoms with Gasteiger partial charge in [0.1, 0.15) is 13.2 Å². The second-order valence-corrected chi connectivity index (χ2v) is 9.61. The van der Waals surface area contributed by atoms with E-state index in [1.54, 1.807) is 61.5 Å². The first-order valence-corrected chi connectivity index (χ1v) is 13.1. The number of ether oxygens (including phenoxy) is 1. The zero-order chi connectivity index (χ0) is 29.2. The van der Waals surface area contributed by atoms with Gasteiger partial charge in [-0.2, -0.15) is 0 Å². The lowest BCUT2D eigenvalue weighted by Crippen LogP contribution is -2.46. The minimum Gasteiger partial charge on any atom is -0.464 e. The number of carbonyl (C=O) groups excluding carboxylic acids is 3. The van der Waals surface area contributed by atoms with Crippen LogP contribution in [0.25, 0.3) is 0 Å². The van der Waals surface area contributed by atoms with E-state index in [-0.39, 0.29) is 34.3 Å². The van der Waals surface area contributed by atoms with Crippen LogP contribution in [0.2, 0.25) is 10.0 Å². The van der Waals surface area contributed by atoms with E-state index in [1.165, 1.54) is 7.11 Å². The highest BCUT2D eigenvalue weighted by molar-refractivity contribution is 6.45. The Hall–Kier alpha value is -4.08. The van der Waals surface area contributed by atoms with Crippen LogP contribution in [0.5, 0.6) is 0 Å².